The number of aromatic hydroxyl groups is 1. The van der Waals surface area contributed by atoms with E-state index in [4.69, 9.17) is 18.6 Å². The Morgan fingerprint density at radius 1 is 1.07 bits per heavy atom. The molecule has 0 fully saturated rings. The van der Waals surface area contributed by atoms with Crippen molar-refractivity contribution >= 4 is 16.9 Å². The van der Waals surface area contributed by atoms with Gasteiger partial charge in [0.2, 0.25) is 5.75 Å². The number of carbonyl (C=O) groups is 1. The van der Waals surface area contributed by atoms with E-state index in [1.54, 1.807) is 25.1 Å². The van der Waals surface area contributed by atoms with Crippen LogP contribution in [0.3, 0.4) is 0 Å². The van der Waals surface area contributed by atoms with Crippen LogP contribution in [0.25, 0.3) is 11.0 Å². The van der Waals surface area contributed by atoms with Gasteiger partial charge in [0, 0.05) is 6.42 Å². The van der Waals surface area contributed by atoms with Gasteiger partial charge in [-0.1, -0.05) is 32.3 Å². The molecule has 0 unspecified atom stereocenters. The van der Waals surface area contributed by atoms with Crippen LogP contribution in [0.2, 0.25) is 0 Å². The van der Waals surface area contributed by atoms with Crippen molar-refractivity contribution in [3.63, 3.8) is 0 Å². The second-order valence-electron chi connectivity index (χ2n) is 6.36. The van der Waals surface area contributed by atoms with E-state index in [0.29, 0.717) is 25.4 Å². The normalized spacial score (nSPS) is 10.8. The highest BCUT2D eigenvalue weighted by Crippen LogP contribution is 2.37. The van der Waals surface area contributed by atoms with Gasteiger partial charge in [0.25, 0.3) is 0 Å². The van der Waals surface area contributed by atoms with Gasteiger partial charge in [0.1, 0.15) is 16.7 Å². The smallest absolute Gasteiger partial charge is 0.383 e. The summed E-state index contributed by atoms with van der Waals surface area (Å²) in [6.45, 7) is 4.79. The number of esters is 1. The minimum Gasteiger partial charge on any atom is -0.503 e. The molecule has 1 aromatic carbocycles. The molecule has 0 bridgehead atoms. The van der Waals surface area contributed by atoms with Crippen LogP contribution in [-0.4, -0.2) is 30.9 Å². The molecule has 2 aromatic rings. The zero-order chi connectivity index (χ0) is 20.4. The van der Waals surface area contributed by atoms with Crippen molar-refractivity contribution in [3.05, 3.63) is 28.6 Å². The fraction of sp³-hybridized carbons (Fsp3) is 0.524. The highest BCUT2D eigenvalue weighted by Gasteiger charge is 2.19. The standard InChI is InChI=1S/C21H28O7/c1-3-5-6-7-13-27-20-19(23)18-15(10-8-11-16(18)28-21(20)24)26-14-9-12-17(22)25-4-2/h8,10-11,23H,3-7,9,12-14H2,1-2H3. The van der Waals surface area contributed by atoms with Gasteiger partial charge in [0.05, 0.1) is 19.8 Å². The summed E-state index contributed by atoms with van der Waals surface area (Å²) in [5.41, 5.74) is -0.510. The van der Waals surface area contributed by atoms with Gasteiger partial charge in [-0.25, -0.2) is 4.79 Å². The number of hydrogen-bond donors (Lipinski definition) is 1. The zero-order valence-electron chi connectivity index (χ0n) is 16.5. The lowest BCUT2D eigenvalue weighted by Gasteiger charge is -2.12. The molecule has 7 heteroatoms. The molecule has 28 heavy (non-hydrogen) atoms. The second-order valence-corrected chi connectivity index (χ2v) is 6.36. The monoisotopic (exact) mass is 392 g/mol. The van der Waals surface area contributed by atoms with Gasteiger partial charge in [-0.3, -0.25) is 4.79 Å². The number of ether oxygens (including phenoxy) is 3. The Bertz CT molecular complexity index is 825. The first-order valence-electron chi connectivity index (χ1n) is 9.78. The molecule has 154 valence electrons. The second kappa shape index (κ2) is 11.2. The van der Waals surface area contributed by atoms with Gasteiger partial charge in [-0.2, -0.15) is 0 Å². The Hall–Kier alpha value is -2.70. The Labute approximate surface area is 164 Å². The highest BCUT2D eigenvalue weighted by molar-refractivity contribution is 5.91. The van der Waals surface area contributed by atoms with Crippen molar-refractivity contribution in [2.45, 2.75) is 52.4 Å². The third-order valence-corrected chi connectivity index (χ3v) is 4.16. The molecule has 0 atom stereocenters. The molecule has 0 aliphatic heterocycles. The Morgan fingerprint density at radius 3 is 2.61 bits per heavy atom. The van der Waals surface area contributed by atoms with Crippen LogP contribution in [0.15, 0.2) is 27.4 Å². The van der Waals surface area contributed by atoms with Crippen molar-refractivity contribution in [1.82, 2.24) is 0 Å². The molecule has 1 heterocycles. The quantitative estimate of drug-likeness (QED) is 0.329. The molecular weight excluding hydrogens is 364 g/mol. The third-order valence-electron chi connectivity index (χ3n) is 4.16. The molecule has 1 aromatic heterocycles. The molecule has 0 aliphatic carbocycles. The highest BCUT2D eigenvalue weighted by atomic mass is 16.5. The maximum Gasteiger partial charge on any atom is 0.383 e. The van der Waals surface area contributed by atoms with Crippen molar-refractivity contribution in [2.24, 2.45) is 0 Å². The molecule has 0 spiro atoms. The number of carbonyl (C=O) groups excluding carboxylic acids is 1. The van der Waals surface area contributed by atoms with Gasteiger partial charge in [0.15, 0.2) is 5.75 Å². The third kappa shape index (κ3) is 5.90. The zero-order valence-corrected chi connectivity index (χ0v) is 16.5. The van der Waals surface area contributed by atoms with Crippen LogP contribution >= 0.6 is 0 Å². The van der Waals surface area contributed by atoms with Crippen LogP contribution < -0.4 is 15.1 Å². The minimum atomic E-state index is -0.722. The van der Waals surface area contributed by atoms with Crippen LogP contribution in [-0.2, 0) is 9.53 Å². The molecule has 1 N–H and O–H groups in total. The molecule has 0 radical (unpaired) electrons. The molecule has 0 saturated carbocycles. The van der Waals surface area contributed by atoms with E-state index in [0.717, 1.165) is 25.7 Å². The average Bonchev–Trinajstić information content (AvgIpc) is 2.67. The lowest BCUT2D eigenvalue weighted by atomic mass is 10.2. The lowest BCUT2D eigenvalue weighted by molar-refractivity contribution is -0.143. The number of benzene rings is 1. The van der Waals surface area contributed by atoms with Gasteiger partial charge in [-0.15, -0.1) is 0 Å². The van der Waals surface area contributed by atoms with E-state index >= 15 is 0 Å². The fourth-order valence-electron chi connectivity index (χ4n) is 2.77. The largest absolute Gasteiger partial charge is 0.503 e. The molecule has 0 saturated heterocycles. The van der Waals surface area contributed by atoms with Gasteiger partial charge < -0.3 is 23.7 Å². The topological polar surface area (TPSA) is 95.2 Å². The number of unbranched alkanes of at least 4 members (excludes halogenated alkanes) is 3. The summed E-state index contributed by atoms with van der Waals surface area (Å²) in [5, 5.41) is 10.9. The maximum atomic E-state index is 12.1. The summed E-state index contributed by atoms with van der Waals surface area (Å²) < 4.78 is 21.3. The van der Waals surface area contributed by atoms with E-state index in [1.165, 1.54) is 0 Å². The van der Waals surface area contributed by atoms with E-state index in [1.807, 2.05) is 0 Å². The van der Waals surface area contributed by atoms with Crippen LogP contribution in [0.1, 0.15) is 52.4 Å². The summed E-state index contributed by atoms with van der Waals surface area (Å²) in [6.07, 6.45) is 4.67. The van der Waals surface area contributed by atoms with Crippen molar-refractivity contribution in [1.29, 1.82) is 0 Å². The van der Waals surface area contributed by atoms with Crippen molar-refractivity contribution < 1.29 is 28.5 Å². The van der Waals surface area contributed by atoms with Crippen LogP contribution in [0.4, 0.5) is 0 Å². The summed E-state index contributed by atoms with van der Waals surface area (Å²) in [7, 11) is 0. The Kier molecular flexibility index (Phi) is 8.65. The number of fused-ring (bicyclic) bond motifs is 1. The lowest BCUT2D eigenvalue weighted by Crippen LogP contribution is -2.09. The summed E-state index contributed by atoms with van der Waals surface area (Å²) >= 11 is 0. The molecule has 0 amide bonds. The van der Waals surface area contributed by atoms with E-state index in [2.05, 4.69) is 6.92 Å². The molecule has 2 rings (SSSR count). The van der Waals surface area contributed by atoms with Crippen LogP contribution in [0, 0.1) is 0 Å². The summed E-state index contributed by atoms with van der Waals surface area (Å²) in [5.74, 6) is -0.413. The maximum absolute atomic E-state index is 12.1. The minimum absolute atomic E-state index is 0.202. The predicted molar refractivity (Wildman–Crippen MR) is 105 cm³/mol. The first-order valence-corrected chi connectivity index (χ1v) is 9.78. The fourth-order valence-corrected chi connectivity index (χ4v) is 2.77. The van der Waals surface area contributed by atoms with E-state index in [-0.39, 0.29) is 41.5 Å². The predicted octanol–water partition coefficient (Wildman–Crippen LogP) is 4.18. The molecule has 0 aliphatic rings. The Balaban J connectivity index is 2.10. The summed E-state index contributed by atoms with van der Waals surface area (Å²) in [4.78, 5) is 23.5. The molecular formula is C21H28O7. The van der Waals surface area contributed by atoms with Gasteiger partial charge >= 0.3 is 11.6 Å². The van der Waals surface area contributed by atoms with Crippen molar-refractivity contribution in [2.75, 3.05) is 19.8 Å². The first-order chi connectivity index (χ1) is 13.6. The van der Waals surface area contributed by atoms with Gasteiger partial charge in [-0.05, 0) is 31.9 Å². The first kappa shape index (κ1) is 21.6. The SMILES string of the molecule is CCCCCCOc1c(O)c2c(OCCCC(=O)OCC)cccc2oc1=O. The van der Waals surface area contributed by atoms with E-state index < -0.39 is 5.63 Å². The average molecular weight is 392 g/mol. The van der Waals surface area contributed by atoms with E-state index in [9.17, 15) is 14.7 Å². The van der Waals surface area contributed by atoms with Crippen LogP contribution in [0.5, 0.6) is 17.2 Å². The number of hydrogen-bond acceptors (Lipinski definition) is 7. The molecule has 7 nitrogen and oxygen atoms in total. The number of rotatable bonds is 12. The van der Waals surface area contributed by atoms with Crippen molar-refractivity contribution in [3.8, 4) is 17.2 Å². The Morgan fingerprint density at radius 2 is 1.86 bits per heavy atom. The summed E-state index contributed by atoms with van der Waals surface area (Å²) in [6, 6.07) is 4.90.